The minimum Gasteiger partial charge on any atom is -0.489 e. The van der Waals surface area contributed by atoms with E-state index in [1.54, 1.807) is 18.2 Å². The van der Waals surface area contributed by atoms with Gasteiger partial charge in [0.1, 0.15) is 18.0 Å². The Morgan fingerprint density at radius 1 is 1.12 bits per heavy atom. The van der Waals surface area contributed by atoms with E-state index in [2.05, 4.69) is 4.90 Å². The second-order valence-electron chi connectivity index (χ2n) is 8.77. The first-order valence-corrected chi connectivity index (χ1v) is 12.7. The molecule has 1 fully saturated rings. The molecule has 0 radical (unpaired) electrons. The SMILES string of the molecule is CC(C)(C)OC(=O)CCN1CCS(=O)C(c2ccc(OCc3c(Cl)cccc3Cl)cc2)C1. The standard InChI is InChI=1S/C24H29Cl2NO4S/c1-24(2,3)31-23(28)11-12-27-13-14-32(29)22(15-27)17-7-9-18(10-8-17)30-16-19-20(25)5-4-6-21(19)26/h4-10,22H,11-16H2,1-3H3. The van der Waals surface area contributed by atoms with Crippen LogP contribution < -0.4 is 4.74 Å². The molecule has 0 amide bonds. The fourth-order valence-corrected chi connectivity index (χ4v) is 5.54. The van der Waals surface area contributed by atoms with E-state index in [-0.39, 0.29) is 17.8 Å². The monoisotopic (exact) mass is 497 g/mol. The first kappa shape index (κ1) is 25.0. The molecule has 2 atom stereocenters. The lowest BCUT2D eigenvalue weighted by atomic mass is 10.1. The maximum Gasteiger partial charge on any atom is 0.307 e. The summed E-state index contributed by atoms with van der Waals surface area (Å²) in [5.74, 6) is 1.07. The summed E-state index contributed by atoms with van der Waals surface area (Å²) >= 11 is 12.4. The zero-order chi connectivity index (χ0) is 23.3. The first-order valence-electron chi connectivity index (χ1n) is 10.6. The number of esters is 1. The van der Waals surface area contributed by atoms with E-state index < -0.39 is 16.4 Å². The van der Waals surface area contributed by atoms with Crippen molar-refractivity contribution in [3.05, 3.63) is 63.6 Å². The van der Waals surface area contributed by atoms with Gasteiger partial charge >= 0.3 is 5.97 Å². The van der Waals surface area contributed by atoms with Crippen molar-refractivity contribution in [1.82, 2.24) is 4.90 Å². The Hall–Kier alpha value is -1.60. The fourth-order valence-electron chi connectivity index (χ4n) is 3.48. The lowest BCUT2D eigenvalue weighted by Gasteiger charge is -2.32. The van der Waals surface area contributed by atoms with Crippen LogP contribution in [0, 0.1) is 0 Å². The number of hydrogen-bond acceptors (Lipinski definition) is 5. The van der Waals surface area contributed by atoms with Crippen molar-refractivity contribution in [3.63, 3.8) is 0 Å². The van der Waals surface area contributed by atoms with Gasteiger partial charge in [-0.25, -0.2) is 0 Å². The van der Waals surface area contributed by atoms with E-state index in [4.69, 9.17) is 32.7 Å². The number of carbonyl (C=O) groups is 1. The number of nitrogens with zero attached hydrogens (tertiary/aromatic N) is 1. The number of carbonyl (C=O) groups excluding carboxylic acids is 1. The highest BCUT2D eigenvalue weighted by atomic mass is 35.5. The molecule has 174 valence electrons. The highest BCUT2D eigenvalue weighted by molar-refractivity contribution is 7.85. The molecule has 0 N–H and O–H groups in total. The number of ether oxygens (including phenoxy) is 2. The van der Waals surface area contributed by atoms with Crippen LogP contribution in [0.1, 0.15) is 43.6 Å². The van der Waals surface area contributed by atoms with Crippen molar-refractivity contribution >= 4 is 40.0 Å². The average Bonchev–Trinajstić information content (AvgIpc) is 2.72. The van der Waals surface area contributed by atoms with Crippen LogP contribution in [0.5, 0.6) is 5.75 Å². The van der Waals surface area contributed by atoms with Crippen molar-refractivity contribution < 1.29 is 18.5 Å². The van der Waals surface area contributed by atoms with Crippen LogP contribution in [-0.2, 0) is 26.9 Å². The molecule has 32 heavy (non-hydrogen) atoms. The van der Waals surface area contributed by atoms with Crippen molar-refractivity contribution in [2.24, 2.45) is 0 Å². The molecule has 2 aromatic rings. The molecule has 5 nitrogen and oxygen atoms in total. The lowest BCUT2D eigenvalue weighted by Crippen LogP contribution is -2.41. The minimum absolute atomic E-state index is 0.102. The largest absolute Gasteiger partial charge is 0.489 e. The van der Waals surface area contributed by atoms with Gasteiger partial charge in [-0.2, -0.15) is 0 Å². The van der Waals surface area contributed by atoms with Gasteiger partial charge in [0.15, 0.2) is 0 Å². The molecule has 0 saturated carbocycles. The third-order valence-corrected chi connectivity index (χ3v) is 7.45. The summed E-state index contributed by atoms with van der Waals surface area (Å²) in [7, 11) is -0.960. The van der Waals surface area contributed by atoms with Crippen LogP contribution in [0.3, 0.4) is 0 Å². The van der Waals surface area contributed by atoms with E-state index in [1.807, 2.05) is 45.0 Å². The zero-order valence-corrected chi connectivity index (χ0v) is 20.9. The summed E-state index contributed by atoms with van der Waals surface area (Å²) < 4.78 is 23.9. The third kappa shape index (κ3) is 7.20. The molecule has 2 unspecified atom stereocenters. The average molecular weight is 498 g/mol. The molecule has 1 saturated heterocycles. The van der Waals surface area contributed by atoms with Crippen molar-refractivity contribution in [2.75, 3.05) is 25.4 Å². The Labute approximate surface area is 202 Å². The molecule has 0 spiro atoms. The van der Waals surface area contributed by atoms with Gasteiger partial charge in [-0.15, -0.1) is 0 Å². The summed E-state index contributed by atoms with van der Waals surface area (Å²) in [5.41, 5.74) is 1.26. The molecule has 3 rings (SSSR count). The Morgan fingerprint density at radius 3 is 2.41 bits per heavy atom. The fraction of sp³-hybridized carbons (Fsp3) is 0.458. The Kier molecular flexibility index (Phi) is 8.62. The van der Waals surface area contributed by atoms with Crippen LogP contribution >= 0.6 is 23.2 Å². The molecule has 2 aromatic carbocycles. The number of benzene rings is 2. The van der Waals surface area contributed by atoms with E-state index in [1.165, 1.54) is 0 Å². The van der Waals surface area contributed by atoms with E-state index in [9.17, 15) is 9.00 Å². The van der Waals surface area contributed by atoms with Gasteiger partial charge in [0.2, 0.25) is 0 Å². The topological polar surface area (TPSA) is 55.8 Å². The summed E-state index contributed by atoms with van der Waals surface area (Å²) in [6.07, 6.45) is 0.327. The van der Waals surface area contributed by atoms with E-state index >= 15 is 0 Å². The van der Waals surface area contributed by atoms with Gasteiger partial charge in [-0.3, -0.25) is 9.00 Å². The van der Waals surface area contributed by atoms with Crippen LogP contribution in [0.4, 0.5) is 0 Å². The van der Waals surface area contributed by atoms with Crippen LogP contribution in [0.25, 0.3) is 0 Å². The van der Waals surface area contributed by atoms with Crippen molar-refractivity contribution in [3.8, 4) is 5.75 Å². The predicted molar refractivity (Wildman–Crippen MR) is 130 cm³/mol. The molecule has 1 aliphatic heterocycles. The number of hydrogen-bond donors (Lipinski definition) is 0. The maximum absolute atomic E-state index is 12.7. The van der Waals surface area contributed by atoms with E-state index in [0.717, 1.165) is 11.1 Å². The van der Waals surface area contributed by atoms with Crippen LogP contribution in [-0.4, -0.2) is 46.1 Å². The summed E-state index contributed by atoms with van der Waals surface area (Å²) in [4.78, 5) is 14.2. The Balaban J connectivity index is 1.57. The molecule has 8 heteroatoms. The van der Waals surface area contributed by atoms with Crippen molar-refractivity contribution in [2.45, 2.75) is 44.6 Å². The molecule has 0 aliphatic carbocycles. The third-order valence-electron chi connectivity index (χ3n) is 5.10. The molecular formula is C24H29Cl2NO4S. The number of rotatable bonds is 7. The normalized spacial score (nSPS) is 19.5. The quantitative estimate of drug-likeness (QED) is 0.478. The van der Waals surface area contributed by atoms with Gasteiger partial charge in [-0.1, -0.05) is 41.4 Å². The molecular weight excluding hydrogens is 469 g/mol. The second kappa shape index (κ2) is 11.0. The van der Waals surface area contributed by atoms with Crippen LogP contribution in [0.15, 0.2) is 42.5 Å². The van der Waals surface area contributed by atoms with Gasteiger partial charge < -0.3 is 14.4 Å². The van der Waals surface area contributed by atoms with Crippen molar-refractivity contribution in [1.29, 1.82) is 0 Å². The van der Waals surface area contributed by atoms with Gasteiger partial charge in [0.05, 0.1) is 11.7 Å². The highest BCUT2D eigenvalue weighted by Crippen LogP contribution is 2.29. The maximum atomic E-state index is 12.7. The van der Waals surface area contributed by atoms with Gasteiger partial charge in [-0.05, 0) is 50.6 Å². The van der Waals surface area contributed by atoms with E-state index in [0.29, 0.717) is 47.6 Å². The Morgan fingerprint density at radius 2 is 1.78 bits per heavy atom. The first-order chi connectivity index (χ1) is 15.1. The molecule has 0 aromatic heterocycles. The minimum atomic E-state index is -0.960. The second-order valence-corrected chi connectivity index (χ2v) is 11.3. The zero-order valence-electron chi connectivity index (χ0n) is 18.6. The van der Waals surface area contributed by atoms with Gasteiger partial charge in [0.25, 0.3) is 0 Å². The summed E-state index contributed by atoms with van der Waals surface area (Å²) in [6.45, 7) is 7.81. The van der Waals surface area contributed by atoms with Gasteiger partial charge in [0, 0.05) is 51.8 Å². The Bertz CT molecular complexity index is 939. The highest BCUT2D eigenvalue weighted by Gasteiger charge is 2.28. The molecule has 1 aliphatic rings. The summed E-state index contributed by atoms with van der Waals surface area (Å²) in [5, 5.41) is 1.03. The predicted octanol–water partition coefficient (Wildman–Crippen LogP) is 5.41. The van der Waals surface area contributed by atoms with Crippen LogP contribution in [0.2, 0.25) is 10.0 Å². The lowest BCUT2D eigenvalue weighted by molar-refractivity contribution is -0.155. The smallest absolute Gasteiger partial charge is 0.307 e. The number of halogens is 2. The molecule has 0 bridgehead atoms. The molecule has 1 heterocycles. The summed E-state index contributed by atoms with van der Waals surface area (Å²) in [6, 6.07) is 13.0.